The fourth-order valence-electron chi connectivity index (χ4n) is 3.57. The number of carbonyl (C=O) groups excluding carboxylic acids is 1. The van der Waals surface area contributed by atoms with Crippen LogP contribution < -0.4 is 10.1 Å². The van der Waals surface area contributed by atoms with Gasteiger partial charge in [0.05, 0.1) is 11.4 Å². The highest BCUT2D eigenvalue weighted by molar-refractivity contribution is 5.85. The Morgan fingerprint density at radius 3 is 2.55 bits per heavy atom. The van der Waals surface area contributed by atoms with Gasteiger partial charge in [-0.1, -0.05) is 51.1 Å². The summed E-state index contributed by atoms with van der Waals surface area (Å²) in [5.74, 6) is 0.273. The molecule has 6 heteroatoms. The van der Waals surface area contributed by atoms with Crippen molar-refractivity contribution in [1.29, 1.82) is 0 Å². The molecular weight excluding hydrogens is 364 g/mol. The fraction of sp³-hybridized carbons (Fsp3) is 0.435. The van der Waals surface area contributed by atoms with Crippen molar-refractivity contribution >= 4 is 16.9 Å². The summed E-state index contributed by atoms with van der Waals surface area (Å²) in [7, 11) is 1.83. The average Bonchev–Trinajstić information content (AvgIpc) is 2.95. The lowest BCUT2D eigenvalue weighted by Gasteiger charge is -2.27. The zero-order valence-corrected chi connectivity index (χ0v) is 18.1. The molecule has 0 saturated carbocycles. The summed E-state index contributed by atoms with van der Waals surface area (Å²) < 4.78 is 7.49. The van der Waals surface area contributed by atoms with Crippen LogP contribution in [0.5, 0.6) is 5.88 Å². The van der Waals surface area contributed by atoms with Gasteiger partial charge in [-0.2, -0.15) is 0 Å². The van der Waals surface area contributed by atoms with Crippen molar-refractivity contribution in [3.05, 3.63) is 53.2 Å². The average molecular weight is 395 g/mol. The molecule has 0 aliphatic rings. The van der Waals surface area contributed by atoms with Gasteiger partial charge in [0.1, 0.15) is 0 Å². The lowest BCUT2D eigenvalue weighted by Crippen LogP contribution is -2.34. The summed E-state index contributed by atoms with van der Waals surface area (Å²) in [6.07, 6.45) is 0.831. The number of aromatic nitrogens is 3. The third-order valence-corrected chi connectivity index (χ3v) is 4.78. The molecule has 0 saturated heterocycles. The molecule has 2 aromatic heterocycles. The Balaban J connectivity index is 1.74. The van der Waals surface area contributed by atoms with E-state index in [1.807, 2.05) is 57.3 Å². The van der Waals surface area contributed by atoms with Gasteiger partial charge in [-0.3, -0.25) is 4.79 Å². The maximum atomic E-state index is 12.7. The molecule has 0 radical (unpaired) electrons. The van der Waals surface area contributed by atoms with E-state index in [9.17, 15) is 4.79 Å². The van der Waals surface area contributed by atoms with E-state index in [4.69, 9.17) is 4.74 Å². The molecule has 154 valence electrons. The van der Waals surface area contributed by atoms with E-state index in [0.29, 0.717) is 5.88 Å². The molecule has 29 heavy (non-hydrogen) atoms. The van der Waals surface area contributed by atoms with Crippen LogP contribution in [0, 0.1) is 19.3 Å². The highest BCUT2D eigenvalue weighted by atomic mass is 16.5. The highest BCUT2D eigenvalue weighted by Gasteiger charge is 2.23. The first-order valence-electron chi connectivity index (χ1n) is 9.92. The van der Waals surface area contributed by atoms with E-state index in [2.05, 4.69) is 36.2 Å². The minimum absolute atomic E-state index is 0.0705. The quantitative estimate of drug-likeness (QED) is 0.678. The molecule has 0 aliphatic carbocycles. The van der Waals surface area contributed by atoms with Crippen molar-refractivity contribution < 1.29 is 9.53 Å². The van der Waals surface area contributed by atoms with Crippen molar-refractivity contribution in [2.45, 2.75) is 47.1 Å². The van der Waals surface area contributed by atoms with E-state index in [1.54, 1.807) is 4.68 Å². The first-order valence-corrected chi connectivity index (χ1v) is 9.92. The van der Waals surface area contributed by atoms with E-state index < -0.39 is 0 Å². The predicted molar refractivity (Wildman–Crippen MR) is 115 cm³/mol. The van der Waals surface area contributed by atoms with Gasteiger partial charge in [0.2, 0.25) is 5.88 Å². The summed E-state index contributed by atoms with van der Waals surface area (Å²) in [4.78, 5) is 17.2. The normalized spacial score (nSPS) is 12.8. The van der Waals surface area contributed by atoms with Crippen LogP contribution in [-0.2, 0) is 11.8 Å². The van der Waals surface area contributed by atoms with Crippen LogP contribution in [0.1, 0.15) is 50.1 Å². The van der Waals surface area contributed by atoms with Gasteiger partial charge in [-0.05, 0) is 42.9 Å². The SMILES string of the molecule is Cc1cc(C)c2c(OCC(=O)NC(CC(C)(C)C)c3ccccc3)nn(C)c2n1. The highest BCUT2D eigenvalue weighted by Crippen LogP contribution is 2.30. The first-order chi connectivity index (χ1) is 13.6. The minimum Gasteiger partial charge on any atom is -0.466 e. The largest absolute Gasteiger partial charge is 0.466 e. The van der Waals surface area contributed by atoms with Gasteiger partial charge in [0.25, 0.3) is 5.91 Å². The second-order valence-corrected chi connectivity index (χ2v) is 8.79. The van der Waals surface area contributed by atoms with Gasteiger partial charge in [-0.25, -0.2) is 9.67 Å². The summed E-state index contributed by atoms with van der Waals surface area (Å²) in [6, 6.07) is 12.0. The van der Waals surface area contributed by atoms with Crippen LogP contribution in [0.15, 0.2) is 36.4 Å². The zero-order chi connectivity index (χ0) is 21.2. The van der Waals surface area contributed by atoms with E-state index in [-0.39, 0.29) is 24.0 Å². The topological polar surface area (TPSA) is 69.0 Å². The number of hydrogen-bond acceptors (Lipinski definition) is 4. The van der Waals surface area contributed by atoms with Crippen LogP contribution in [0.25, 0.3) is 11.0 Å². The number of ether oxygens (including phenoxy) is 1. The van der Waals surface area contributed by atoms with Crippen LogP contribution >= 0.6 is 0 Å². The third-order valence-electron chi connectivity index (χ3n) is 4.78. The molecular formula is C23H30N4O2. The number of hydrogen-bond donors (Lipinski definition) is 1. The van der Waals surface area contributed by atoms with Crippen molar-refractivity contribution in [2.75, 3.05) is 6.61 Å². The zero-order valence-electron chi connectivity index (χ0n) is 18.1. The molecule has 6 nitrogen and oxygen atoms in total. The monoisotopic (exact) mass is 394 g/mol. The molecule has 1 amide bonds. The Hall–Kier alpha value is -2.89. The van der Waals surface area contributed by atoms with Crippen molar-refractivity contribution in [3.63, 3.8) is 0 Å². The number of nitrogens with one attached hydrogen (secondary N) is 1. The smallest absolute Gasteiger partial charge is 0.258 e. The van der Waals surface area contributed by atoms with Crippen molar-refractivity contribution in [2.24, 2.45) is 12.5 Å². The Bertz CT molecular complexity index is 1000. The Morgan fingerprint density at radius 1 is 1.21 bits per heavy atom. The second kappa shape index (κ2) is 8.23. The first kappa shape index (κ1) is 20.8. The van der Waals surface area contributed by atoms with Crippen molar-refractivity contribution in [1.82, 2.24) is 20.1 Å². The lowest BCUT2D eigenvalue weighted by atomic mass is 9.85. The molecule has 0 aliphatic heterocycles. The Labute approximate surface area is 172 Å². The number of pyridine rings is 1. The van der Waals surface area contributed by atoms with Gasteiger partial charge in [-0.15, -0.1) is 5.10 Å². The van der Waals surface area contributed by atoms with Crippen LogP contribution in [0.4, 0.5) is 0 Å². The van der Waals surface area contributed by atoms with Crippen LogP contribution in [0.3, 0.4) is 0 Å². The maximum Gasteiger partial charge on any atom is 0.258 e. The van der Waals surface area contributed by atoms with Gasteiger partial charge < -0.3 is 10.1 Å². The molecule has 3 aromatic rings. The molecule has 2 heterocycles. The predicted octanol–water partition coefficient (Wildman–Crippen LogP) is 4.26. The van der Waals surface area contributed by atoms with E-state index in [1.165, 1.54) is 0 Å². The fourth-order valence-corrected chi connectivity index (χ4v) is 3.57. The number of amides is 1. The number of carbonyl (C=O) groups is 1. The Kier molecular flexibility index (Phi) is 5.91. The van der Waals surface area contributed by atoms with E-state index >= 15 is 0 Å². The second-order valence-electron chi connectivity index (χ2n) is 8.79. The molecule has 0 spiro atoms. The molecule has 1 atom stereocenters. The summed E-state index contributed by atoms with van der Waals surface area (Å²) in [6.45, 7) is 10.4. The molecule has 1 aromatic carbocycles. The number of fused-ring (bicyclic) bond motifs is 1. The van der Waals surface area contributed by atoms with Crippen molar-refractivity contribution in [3.8, 4) is 5.88 Å². The minimum atomic E-state index is -0.167. The van der Waals surface area contributed by atoms with Crippen LogP contribution in [0.2, 0.25) is 0 Å². The number of benzene rings is 1. The molecule has 3 rings (SSSR count). The maximum absolute atomic E-state index is 12.7. The molecule has 1 N–H and O–H groups in total. The number of rotatable bonds is 6. The summed E-state index contributed by atoms with van der Waals surface area (Å²) in [5, 5.41) is 8.38. The van der Waals surface area contributed by atoms with Gasteiger partial charge in [0, 0.05) is 12.7 Å². The summed E-state index contributed by atoms with van der Waals surface area (Å²) >= 11 is 0. The lowest BCUT2D eigenvalue weighted by molar-refractivity contribution is -0.124. The molecule has 0 fully saturated rings. The summed E-state index contributed by atoms with van der Waals surface area (Å²) in [5.41, 5.74) is 3.88. The van der Waals surface area contributed by atoms with Gasteiger partial charge in [0.15, 0.2) is 12.3 Å². The number of aryl methyl sites for hydroxylation is 3. The Morgan fingerprint density at radius 2 is 1.90 bits per heavy atom. The van der Waals surface area contributed by atoms with Gasteiger partial charge >= 0.3 is 0 Å². The molecule has 1 unspecified atom stereocenters. The third kappa shape index (κ3) is 5.13. The van der Waals surface area contributed by atoms with E-state index in [0.717, 1.165) is 34.3 Å². The standard InChI is InChI=1S/C23H30N4O2/c1-15-12-16(2)24-21-20(15)22(26-27(21)6)29-14-19(28)25-18(13-23(3,4)5)17-10-8-7-9-11-17/h7-12,18H,13-14H2,1-6H3,(H,25,28). The van der Waals surface area contributed by atoms with Crippen LogP contribution in [-0.4, -0.2) is 27.3 Å². The number of nitrogens with zero attached hydrogens (tertiary/aromatic N) is 3. The molecule has 0 bridgehead atoms.